The average molecular weight is 651 g/mol. The quantitative estimate of drug-likeness (QED) is 0.0800. The molecule has 236 valence electrons. The predicted octanol–water partition coefficient (Wildman–Crippen LogP) is 2.28. The number of nitrogens with zero attached hydrogens (tertiary/aromatic N) is 4. The summed E-state index contributed by atoms with van der Waals surface area (Å²) in [5.74, 6) is -3.08. The summed E-state index contributed by atoms with van der Waals surface area (Å²) in [6.07, 6.45) is 0.419. The van der Waals surface area contributed by atoms with Crippen LogP contribution in [-0.4, -0.2) is 81.3 Å². The third-order valence-corrected chi connectivity index (χ3v) is 7.70. The zero-order valence-corrected chi connectivity index (χ0v) is 25.4. The fraction of sp³-hybridized carbons (Fsp3) is 0.385. The number of β-lactam (4-membered cyclic amide) rings is 1. The Morgan fingerprint density at radius 3 is 2.66 bits per heavy atom. The van der Waals surface area contributed by atoms with Crippen molar-refractivity contribution < 1.29 is 46.3 Å². The summed E-state index contributed by atoms with van der Waals surface area (Å²) in [5, 5.41) is 20.4. The van der Waals surface area contributed by atoms with Crippen LogP contribution in [0.5, 0.6) is 5.75 Å². The fourth-order valence-electron chi connectivity index (χ4n) is 4.35. The van der Waals surface area contributed by atoms with Crippen LogP contribution in [0.2, 0.25) is 0 Å². The molecule has 3 heterocycles. The van der Waals surface area contributed by atoms with E-state index in [0.717, 1.165) is 35.1 Å². The largest absolute Gasteiger partial charge is 0.489 e. The molecule has 0 radical (unpaired) electrons. The number of hydroxylamine groups is 2. The van der Waals surface area contributed by atoms with E-state index in [1.807, 2.05) is 6.92 Å². The van der Waals surface area contributed by atoms with Gasteiger partial charge < -0.3 is 25.7 Å². The van der Waals surface area contributed by atoms with Crippen LogP contribution < -0.4 is 15.8 Å². The van der Waals surface area contributed by atoms with E-state index in [1.165, 1.54) is 19.2 Å². The second-order valence-corrected chi connectivity index (χ2v) is 12.1. The number of hydrogen-bond donors (Lipinski definition) is 4. The van der Waals surface area contributed by atoms with E-state index in [2.05, 4.69) is 24.7 Å². The van der Waals surface area contributed by atoms with Crippen LogP contribution in [0.4, 0.5) is 10.9 Å². The van der Waals surface area contributed by atoms with Crippen molar-refractivity contribution in [2.75, 3.05) is 24.2 Å². The molecule has 1 aliphatic heterocycles. The molecule has 5 N–H and O–H groups in total. The third kappa shape index (κ3) is 7.39. The van der Waals surface area contributed by atoms with Crippen molar-refractivity contribution in [3.63, 3.8) is 0 Å². The average Bonchev–Trinajstić information content (AvgIpc) is 3.39. The molecule has 0 spiro atoms. The van der Waals surface area contributed by atoms with Gasteiger partial charge in [0.1, 0.15) is 23.9 Å². The monoisotopic (exact) mass is 650 g/mol. The number of ether oxygens (including phenoxy) is 1. The van der Waals surface area contributed by atoms with Crippen molar-refractivity contribution in [3.8, 4) is 5.75 Å². The highest BCUT2D eigenvalue weighted by molar-refractivity contribution is 7.80. The number of carboxylic acid groups (broad SMARTS) is 1. The number of rotatable bonds is 15. The number of anilines is 2. The van der Waals surface area contributed by atoms with E-state index < -0.39 is 64.4 Å². The molecule has 16 nitrogen and oxygen atoms in total. The summed E-state index contributed by atoms with van der Waals surface area (Å²) in [5.41, 5.74) is 3.97. The van der Waals surface area contributed by atoms with Gasteiger partial charge in [0.15, 0.2) is 16.6 Å². The van der Waals surface area contributed by atoms with Crippen LogP contribution in [0.3, 0.4) is 0 Å². The zero-order chi connectivity index (χ0) is 32.2. The van der Waals surface area contributed by atoms with Crippen LogP contribution in [-0.2, 0) is 33.9 Å². The molecule has 1 fully saturated rings. The number of carboxylic acids is 1. The summed E-state index contributed by atoms with van der Waals surface area (Å²) < 4.78 is 41.1. The van der Waals surface area contributed by atoms with Crippen LogP contribution in [0.15, 0.2) is 41.0 Å². The lowest BCUT2D eigenvalue weighted by atomic mass is 9.74. The van der Waals surface area contributed by atoms with Gasteiger partial charge in [-0.25, -0.2) is 14.8 Å². The maximum Gasteiger partial charge on any atom is 0.418 e. The number of benzene rings is 1. The summed E-state index contributed by atoms with van der Waals surface area (Å²) in [6.45, 7) is 5.16. The van der Waals surface area contributed by atoms with E-state index in [1.54, 1.807) is 30.5 Å². The first-order chi connectivity index (χ1) is 20.7. The first-order valence-electron chi connectivity index (χ1n) is 13.2. The lowest BCUT2D eigenvalue weighted by molar-refractivity contribution is -0.228. The number of hydrogen-bond acceptors (Lipinski definition) is 14. The first kappa shape index (κ1) is 32.5. The van der Waals surface area contributed by atoms with Crippen molar-refractivity contribution in [1.29, 1.82) is 0 Å². The predicted molar refractivity (Wildman–Crippen MR) is 158 cm³/mol. The van der Waals surface area contributed by atoms with Crippen LogP contribution in [0, 0.1) is 5.92 Å². The molecular formula is C26H30N6O10S2. The Kier molecular flexibility index (Phi) is 9.67. The fourth-order valence-corrected chi connectivity index (χ4v) is 5.35. The Bertz CT molecular complexity index is 1710. The summed E-state index contributed by atoms with van der Waals surface area (Å²) in [4.78, 5) is 51.4. The number of nitrogens with one attached hydrogen (secondary N) is 1. The summed E-state index contributed by atoms with van der Waals surface area (Å²) >= 11 is 0.988. The zero-order valence-electron chi connectivity index (χ0n) is 23.8. The highest BCUT2D eigenvalue weighted by Gasteiger charge is 2.57. The van der Waals surface area contributed by atoms with Crippen LogP contribution in [0.1, 0.15) is 39.3 Å². The van der Waals surface area contributed by atoms with Crippen LogP contribution >= 0.6 is 11.3 Å². The molecule has 0 bridgehead atoms. The number of nitrogen functional groups attached to an aromatic ring is 1. The molecule has 18 heteroatoms. The number of ketones is 1. The smallest absolute Gasteiger partial charge is 0.418 e. The molecule has 2 aromatic heterocycles. The molecule has 1 aromatic carbocycles. The van der Waals surface area contributed by atoms with E-state index in [0.29, 0.717) is 16.6 Å². The minimum absolute atomic E-state index is 0.0196. The number of pyridine rings is 1. The first-order valence-corrected chi connectivity index (χ1v) is 15.4. The molecule has 0 saturated carbocycles. The number of aliphatic carboxylic acids is 1. The number of oxime groups is 1. The molecule has 4 rings (SSSR count). The van der Waals surface area contributed by atoms with E-state index >= 15 is 0 Å². The maximum atomic E-state index is 13.3. The van der Waals surface area contributed by atoms with Gasteiger partial charge in [0.05, 0.1) is 11.5 Å². The molecule has 2 atom stereocenters. The van der Waals surface area contributed by atoms with Gasteiger partial charge in [-0.05, 0) is 49.9 Å². The number of carbonyl (C=O) groups excluding carboxylic acids is 2. The Morgan fingerprint density at radius 2 is 2.05 bits per heavy atom. The minimum Gasteiger partial charge on any atom is -0.489 e. The standard InChI is InChI=1S/C26H30N6O10S2/c1-4-8-28-22-16-6-5-15(10-14(16)7-9-29-22)40-12-20(24(35)36)41-31-21(18-13-43-25(27)30-18)19(33)11-17-23(34)32(26(17,2)3)42-44(37,38)39/h5-7,9-10,13,17,20H,4,8,11-12H2,1-3H3,(H2,27,30)(H,28,29)(H,35,36)(H,37,38,39)/b31-21-/t17?,20-/m0/s1. The Hall–Kier alpha value is -4.39. The van der Waals surface area contributed by atoms with Gasteiger partial charge in [-0.2, -0.15) is 13.5 Å². The SMILES string of the molecule is CCCNc1nccc2cc(OC[C@H](O/N=C(\C(=O)CC3C(=O)N(OS(=O)(=O)O)C3(C)C)c3csc(N)n3)C(=O)O)ccc12. The van der Waals surface area contributed by atoms with Gasteiger partial charge in [0.2, 0.25) is 0 Å². The van der Waals surface area contributed by atoms with Gasteiger partial charge in [0.25, 0.3) is 12.0 Å². The number of fused-ring (bicyclic) bond motifs is 1. The topological polar surface area (TPSA) is 233 Å². The van der Waals surface area contributed by atoms with Gasteiger partial charge >= 0.3 is 16.4 Å². The molecule has 1 amide bonds. The van der Waals surface area contributed by atoms with Gasteiger partial charge in [-0.15, -0.1) is 15.6 Å². The Balaban J connectivity index is 1.49. The van der Waals surface area contributed by atoms with E-state index in [-0.39, 0.29) is 10.8 Å². The van der Waals surface area contributed by atoms with Crippen molar-refractivity contribution in [3.05, 3.63) is 41.5 Å². The molecular weight excluding hydrogens is 620 g/mol. The molecule has 0 aliphatic carbocycles. The van der Waals surface area contributed by atoms with Crippen LogP contribution in [0.25, 0.3) is 10.8 Å². The minimum atomic E-state index is -4.98. The van der Waals surface area contributed by atoms with Gasteiger partial charge in [0, 0.05) is 29.9 Å². The number of thiazole rings is 1. The number of Topliss-reactive ketones (excluding diaryl/α,β-unsaturated/α-hetero) is 1. The maximum absolute atomic E-state index is 13.3. The third-order valence-electron chi connectivity index (χ3n) is 6.69. The highest BCUT2D eigenvalue weighted by Crippen LogP contribution is 2.40. The molecule has 44 heavy (non-hydrogen) atoms. The molecule has 3 aromatic rings. The Morgan fingerprint density at radius 1 is 1.30 bits per heavy atom. The number of amides is 1. The van der Waals surface area contributed by atoms with Gasteiger partial charge in [-0.1, -0.05) is 12.1 Å². The lowest BCUT2D eigenvalue weighted by Crippen LogP contribution is -2.68. The van der Waals surface area contributed by atoms with E-state index in [9.17, 15) is 27.9 Å². The van der Waals surface area contributed by atoms with Crippen molar-refractivity contribution in [2.45, 2.75) is 45.3 Å². The van der Waals surface area contributed by atoms with Crippen molar-refractivity contribution in [1.82, 2.24) is 15.0 Å². The lowest BCUT2D eigenvalue weighted by Gasteiger charge is -2.50. The normalized spacial score (nSPS) is 17.2. The second-order valence-electron chi connectivity index (χ2n) is 10.2. The number of nitrogens with two attached hydrogens (primary N) is 1. The molecule has 1 unspecified atom stereocenters. The Labute approximate surface area is 255 Å². The number of carbonyl (C=O) groups is 3. The second kappa shape index (κ2) is 13.1. The van der Waals surface area contributed by atoms with Gasteiger partial charge in [-0.3, -0.25) is 14.1 Å². The molecule has 1 aliphatic rings. The number of aromatic nitrogens is 2. The summed E-state index contributed by atoms with van der Waals surface area (Å²) in [7, 11) is -4.98. The van der Waals surface area contributed by atoms with E-state index in [4.69, 9.17) is 19.9 Å². The highest BCUT2D eigenvalue weighted by atomic mass is 32.3. The molecule has 1 saturated heterocycles. The summed E-state index contributed by atoms with van der Waals surface area (Å²) in [6, 6.07) is 6.95. The van der Waals surface area contributed by atoms with Crippen molar-refractivity contribution in [2.24, 2.45) is 11.1 Å². The van der Waals surface area contributed by atoms with Crippen molar-refractivity contribution >= 4 is 66.8 Å².